The minimum absolute atomic E-state index is 0.0886. The summed E-state index contributed by atoms with van der Waals surface area (Å²) in [5.74, 6) is 1.91. The van der Waals surface area contributed by atoms with Gasteiger partial charge in [0.1, 0.15) is 5.75 Å². The number of rotatable bonds is 10. The van der Waals surface area contributed by atoms with Gasteiger partial charge in [-0.3, -0.25) is 9.88 Å². The van der Waals surface area contributed by atoms with Gasteiger partial charge < -0.3 is 9.64 Å². The lowest BCUT2D eigenvalue weighted by Gasteiger charge is -2.24. The van der Waals surface area contributed by atoms with Gasteiger partial charge in [0.25, 0.3) is 0 Å². The third kappa shape index (κ3) is 6.09. The molecule has 0 aliphatic carbocycles. The first-order valence-corrected chi connectivity index (χ1v) is 12.3. The molecule has 1 aromatic heterocycles. The van der Waals surface area contributed by atoms with Crippen molar-refractivity contribution in [2.75, 3.05) is 31.1 Å². The Morgan fingerprint density at radius 3 is 2.21 bits per heavy atom. The van der Waals surface area contributed by atoms with Gasteiger partial charge in [0.15, 0.2) is 0 Å². The number of urea groups is 1. The first-order valence-electron chi connectivity index (χ1n) is 12.0. The van der Waals surface area contributed by atoms with Crippen LogP contribution >= 0.6 is 11.6 Å². The summed E-state index contributed by atoms with van der Waals surface area (Å²) in [6.45, 7) is 7.44. The molecular weight excluding hydrogens is 446 g/mol. The molecule has 2 aromatic carbocycles. The van der Waals surface area contributed by atoms with Crippen molar-refractivity contribution >= 4 is 23.3 Å². The average molecular weight is 478 g/mol. The van der Waals surface area contributed by atoms with E-state index in [0.717, 1.165) is 60.1 Å². The van der Waals surface area contributed by atoms with Crippen LogP contribution in [0.5, 0.6) is 5.75 Å². The van der Waals surface area contributed by atoms with E-state index in [4.69, 9.17) is 16.3 Å². The van der Waals surface area contributed by atoms with Crippen molar-refractivity contribution in [2.24, 2.45) is 11.8 Å². The fourth-order valence-corrected chi connectivity index (χ4v) is 4.53. The highest BCUT2D eigenvalue weighted by molar-refractivity contribution is 6.30. The van der Waals surface area contributed by atoms with Gasteiger partial charge in [0.2, 0.25) is 0 Å². The van der Waals surface area contributed by atoms with Gasteiger partial charge in [-0.05, 0) is 72.2 Å². The van der Waals surface area contributed by atoms with Crippen molar-refractivity contribution < 1.29 is 9.53 Å². The summed E-state index contributed by atoms with van der Waals surface area (Å²) < 4.78 is 6.05. The Hall–Kier alpha value is -3.05. The van der Waals surface area contributed by atoms with E-state index < -0.39 is 0 Å². The molecule has 0 bridgehead atoms. The van der Waals surface area contributed by atoms with Crippen LogP contribution in [-0.2, 0) is 0 Å². The lowest BCUT2D eigenvalue weighted by molar-refractivity contribution is 0.202. The maximum atomic E-state index is 12.8. The summed E-state index contributed by atoms with van der Waals surface area (Å²) in [5, 5.41) is 0.739. The van der Waals surface area contributed by atoms with E-state index in [2.05, 4.69) is 31.0 Å². The Morgan fingerprint density at radius 2 is 1.56 bits per heavy atom. The first kappa shape index (κ1) is 24.1. The van der Waals surface area contributed by atoms with Crippen LogP contribution in [0.15, 0.2) is 73.1 Å². The molecule has 2 heterocycles. The molecule has 6 heteroatoms. The predicted octanol–water partition coefficient (Wildman–Crippen LogP) is 6.78. The zero-order chi connectivity index (χ0) is 23.9. The largest absolute Gasteiger partial charge is 0.494 e. The average Bonchev–Trinajstić information content (AvgIpc) is 3.22. The zero-order valence-corrected chi connectivity index (χ0v) is 20.6. The summed E-state index contributed by atoms with van der Waals surface area (Å²) in [4.78, 5) is 20.7. The molecule has 2 amide bonds. The van der Waals surface area contributed by atoms with Crippen molar-refractivity contribution in [1.29, 1.82) is 0 Å². The number of hydrogen-bond acceptors (Lipinski definition) is 3. The normalized spacial score (nSPS) is 14.6. The van der Waals surface area contributed by atoms with Gasteiger partial charge in [-0.1, -0.05) is 49.7 Å². The van der Waals surface area contributed by atoms with Gasteiger partial charge in [0, 0.05) is 42.7 Å². The highest BCUT2D eigenvalue weighted by Crippen LogP contribution is 2.26. The maximum Gasteiger partial charge on any atom is 0.324 e. The number of carbonyl (C=O) groups excluding carboxylic acids is 1. The lowest BCUT2D eigenvalue weighted by Crippen LogP contribution is -2.33. The van der Waals surface area contributed by atoms with Gasteiger partial charge in [-0.25, -0.2) is 4.79 Å². The van der Waals surface area contributed by atoms with E-state index in [1.807, 2.05) is 58.3 Å². The van der Waals surface area contributed by atoms with E-state index in [-0.39, 0.29) is 6.03 Å². The molecule has 1 aliphatic rings. The second-order valence-electron chi connectivity index (χ2n) is 9.09. The fourth-order valence-electron chi connectivity index (χ4n) is 4.40. The number of pyridine rings is 1. The molecule has 0 spiro atoms. The van der Waals surface area contributed by atoms with Crippen LogP contribution in [0.2, 0.25) is 5.02 Å². The number of benzene rings is 2. The molecule has 34 heavy (non-hydrogen) atoms. The monoisotopic (exact) mass is 477 g/mol. The first-order chi connectivity index (χ1) is 16.5. The molecule has 1 saturated heterocycles. The van der Waals surface area contributed by atoms with Crippen molar-refractivity contribution in [2.45, 2.75) is 26.7 Å². The van der Waals surface area contributed by atoms with Crippen molar-refractivity contribution in [3.05, 3.63) is 78.1 Å². The molecular formula is C28H32ClN3O2. The minimum atomic E-state index is 0.0886. The van der Waals surface area contributed by atoms with Crippen molar-refractivity contribution in [3.8, 4) is 16.9 Å². The summed E-state index contributed by atoms with van der Waals surface area (Å²) in [5.41, 5.74) is 3.19. The van der Waals surface area contributed by atoms with E-state index in [9.17, 15) is 4.79 Å². The second-order valence-corrected chi connectivity index (χ2v) is 9.52. The molecule has 3 aromatic rings. The number of ether oxygens (including phenoxy) is 1. The Balaban J connectivity index is 1.24. The highest BCUT2D eigenvalue weighted by atomic mass is 35.5. The number of aromatic nitrogens is 1. The molecule has 0 saturated carbocycles. The third-order valence-corrected chi connectivity index (χ3v) is 6.82. The Morgan fingerprint density at radius 1 is 0.912 bits per heavy atom. The van der Waals surface area contributed by atoms with Crippen LogP contribution in [0, 0.1) is 11.8 Å². The number of anilines is 1. The SMILES string of the molecule is CC(C)C(CCOc1ccc(-c2ccc(Cl)cc2)cc1)CCN1CCN(c2ccncc2)C1=O. The lowest BCUT2D eigenvalue weighted by atomic mass is 9.89. The molecule has 0 radical (unpaired) electrons. The van der Waals surface area contributed by atoms with E-state index >= 15 is 0 Å². The van der Waals surface area contributed by atoms with E-state index in [1.165, 1.54) is 0 Å². The Bertz CT molecular complexity index is 1060. The smallest absolute Gasteiger partial charge is 0.324 e. The highest BCUT2D eigenvalue weighted by Gasteiger charge is 2.30. The Labute approximate surface area is 207 Å². The molecule has 1 aliphatic heterocycles. The van der Waals surface area contributed by atoms with Crippen LogP contribution in [0.1, 0.15) is 26.7 Å². The summed E-state index contributed by atoms with van der Waals surface area (Å²) >= 11 is 5.98. The van der Waals surface area contributed by atoms with Gasteiger partial charge in [-0.15, -0.1) is 0 Å². The zero-order valence-electron chi connectivity index (χ0n) is 19.9. The van der Waals surface area contributed by atoms with Gasteiger partial charge in [-0.2, -0.15) is 0 Å². The fraction of sp³-hybridized carbons (Fsp3) is 0.357. The number of hydrogen-bond donors (Lipinski definition) is 0. The summed E-state index contributed by atoms with van der Waals surface area (Å²) in [6, 6.07) is 19.9. The van der Waals surface area contributed by atoms with Crippen LogP contribution in [0.3, 0.4) is 0 Å². The minimum Gasteiger partial charge on any atom is -0.494 e. The molecule has 1 atom stereocenters. The third-order valence-electron chi connectivity index (χ3n) is 6.57. The topological polar surface area (TPSA) is 45.7 Å². The Kier molecular flexibility index (Phi) is 8.07. The molecule has 4 rings (SSSR count). The maximum absolute atomic E-state index is 12.8. The standard InChI is InChI=1S/C28H32ClN3O2/c1-21(2)22(13-17-31-18-19-32(28(31)33)26-11-15-30-16-12-26)14-20-34-27-9-5-24(6-10-27)23-3-7-25(29)8-4-23/h3-12,15-16,21-22H,13-14,17-20H2,1-2H3. The van der Waals surface area contributed by atoms with Crippen molar-refractivity contribution in [3.63, 3.8) is 0 Å². The molecule has 0 N–H and O–H groups in total. The van der Waals surface area contributed by atoms with Crippen LogP contribution in [0.4, 0.5) is 10.5 Å². The molecule has 1 fully saturated rings. The van der Waals surface area contributed by atoms with E-state index in [1.54, 1.807) is 12.4 Å². The quantitative estimate of drug-likeness (QED) is 0.323. The second kappa shape index (κ2) is 11.4. The van der Waals surface area contributed by atoms with Crippen LogP contribution in [-0.4, -0.2) is 42.2 Å². The summed E-state index contributed by atoms with van der Waals surface area (Å²) in [6.07, 6.45) is 5.40. The number of nitrogens with zero attached hydrogens (tertiary/aromatic N) is 3. The van der Waals surface area contributed by atoms with Gasteiger partial charge >= 0.3 is 6.03 Å². The van der Waals surface area contributed by atoms with Crippen LogP contribution in [0.25, 0.3) is 11.1 Å². The predicted molar refractivity (Wildman–Crippen MR) is 138 cm³/mol. The van der Waals surface area contributed by atoms with Gasteiger partial charge in [0.05, 0.1) is 6.61 Å². The van der Waals surface area contributed by atoms with E-state index in [0.29, 0.717) is 18.4 Å². The molecule has 5 nitrogen and oxygen atoms in total. The number of carbonyl (C=O) groups is 1. The van der Waals surface area contributed by atoms with Crippen molar-refractivity contribution in [1.82, 2.24) is 9.88 Å². The molecule has 178 valence electrons. The van der Waals surface area contributed by atoms with Crippen LogP contribution < -0.4 is 9.64 Å². The number of amides is 2. The number of halogens is 1. The molecule has 1 unspecified atom stereocenters. The summed E-state index contributed by atoms with van der Waals surface area (Å²) in [7, 11) is 0.